The first-order valence-electron chi connectivity index (χ1n) is 7.94. The average molecular weight is 328 g/mol. The highest BCUT2D eigenvalue weighted by atomic mass is 16.5. The van der Waals surface area contributed by atoms with Gasteiger partial charge in [-0.1, -0.05) is 18.2 Å². The van der Waals surface area contributed by atoms with Gasteiger partial charge in [0.2, 0.25) is 0 Å². The summed E-state index contributed by atoms with van der Waals surface area (Å²) in [6, 6.07) is 7.07. The van der Waals surface area contributed by atoms with Crippen molar-refractivity contribution in [1.29, 1.82) is 0 Å². The molecule has 1 aliphatic rings. The first kappa shape index (κ1) is 17.8. The molecule has 1 aromatic rings. The lowest BCUT2D eigenvalue weighted by Crippen LogP contribution is -2.27. The summed E-state index contributed by atoms with van der Waals surface area (Å²) < 4.78 is 10.5. The van der Waals surface area contributed by atoms with Crippen molar-refractivity contribution in [3.63, 3.8) is 0 Å². The van der Waals surface area contributed by atoms with Gasteiger partial charge in [0.25, 0.3) is 5.91 Å². The van der Waals surface area contributed by atoms with Crippen LogP contribution in [0.3, 0.4) is 0 Å². The minimum Gasteiger partial charge on any atom is -0.497 e. The molecule has 0 bridgehead atoms. The number of hydrogen-bond donors (Lipinski definition) is 1. The Balaban J connectivity index is 1.86. The Bertz CT molecular complexity index is 660. The molecule has 1 atom stereocenters. The third-order valence-corrected chi connectivity index (χ3v) is 4.05. The topological polar surface area (TPSA) is 59.9 Å². The van der Waals surface area contributed by atoms with E-state index in [0.717, 1.165) is 35.4 Å². The number of carbonyl (C=O) groups excluding carboxylic acids is 1. The van der Waals surface area contributed by atoms with Crippen molar-refractivity contribution >= 4 is 11.6 Å². The van der Waals surface area contributed by atoms with Crippen LogP contribution in [0.1, 0.15) is 26.7 Å². The van der Waals surface area contributed by atoms with Crippen molar-refractivity contribution in [1.82, 2.24) is 5.43 Å². The molecule has 128 valence electrons. The number of nitrogens with one attached hydrogen (secondary N) is 1. The number of nitrogens with zero attached hydrogens (tertiary/aromatic N) is 1. The minimum atomic E-state index is -0.288. The van der Waals surface area contributed by atoms with E-state index in [-0.39, 0.29) is 12.5 Å². The summed E-state index contributed by atoms with van der Waals surface area (Å²) in [6.45, 7) is 7.95. The fraction of sp³-hybridized carbons (Fsp3) is 0.368. The smallest absolute Gasteiger partial charge is 0.277 e. The summed E-state index contributed by atoms with van der Waals surface area (Å²) in [5.41, 5.74) is 5.70. The summed E-state index contributed by atoms with van der Waals surface area (Å²) in [5, 5.41) is 4.24. The lowest BCUT2D eigenvalue weighted by atomic mass is 9.85. The monoisotopic (exact) mass is 328 g/mol. The van der Waals surface area contributed by atoms with E-state index in [9.17, 15) is 4.79 Å². The molecule has 0 saturated carbocycles. The van der Waals surface area contributed by atoms with Crippen LogP contribution in [0.4, 0.5) is 0 Å². The minimum absolute atomic E-state index is 0.0875. The zero-order valence-electron chi connectivity index (χ0n) is 14.5. The summed E-state index contributed by atoms with van der Waals surface area (Å²) in [4.78, 5) is 11.9. The number of methoxy groups -OCH3 is 1. The Labute approximate surface area is 143 Å². The van der Waals surface area contributed by atoms with E-state index in [2.05, 4.69) is 23.2 Å². The Morgan fingerprint density at radius 2 is 2.00 bits per heavy atom. The lowest BCUT2D eigenvalue weighted by Gasteiger charge is -2.22. The molecule has 0 fully saturated rings. The molecule has 0 heterocycles. The number of ether oxygens (including phenoxy) is 2. The van der Waals surface area contributed by atoms with E-state index in [1.165, 1.54) is 0 Å². The molecule has 2 rings (SSSR count). The van der Waals surface area contributed by atoms with Crippen LogP contribution in [0.5, 0.6) is 11.5 Å². The molecular weight excluding hydrogens is 304 g/mol. The zero-order valence-corrected chi connectivity index (χ0v) is 14.5. The zero-order chi connectivity index (χ0) is 17.5. The molecule has 0 saturated heterocycles. The number of rotatable bonds is 6. The predicted molar refractivity (Wildman–Crippen MR) is 95.4 cm³/mol. The number of allylic oxidation sites excluding steroid dienone is 3. The number of hydrazone groups is 1. The van der Waals surface area contributed by atoms with Gasteiger partial charge in [0.1, 0.15) is 11.5 Å². The maximum Gasteiger partial charge on any atom is 0.277 e. The van der Waals surface area contributed by atoms with Gasteiger partial charge < -0.3 is 9.47 Å². The van der Waals surface area contributed by atoms with Crippen LogP contribution in [0.2, 0.25) is 0 Å². The molecule has 0 radical (unpaired) electrons. The van der Waals surface area contributed by atoms with Gasteiger partial charge >= 0.3 is 0 Å². The van der Waals surface area contributed by atoms with Crippen LogP contribution in [0.25, 0.3) is 0 Å². The summed E-state index contributed by atoms with van der Waals surface area (Å²) in [5.74, 6) is 1.45. The van der Waals surface area contributed by atoms with Gasteiger partial charge in [-0.3, -0.25) is 4.79 Å². The molecule has 1 N–H and O–H groups in total. The standard InChI is InChI=1S/C19H24N2O3/c1-13(2)15-6-5-14(3)18(11-15)20-21-19(22)12-24-17-9-7-16(23-4)8-10-17/h5,7-10,15H,1,6,11-12H2,2-4H3,(H,21,22)/b20-18-/t15-/m1/s1. The largest absolute Gasteiger partial charge is 0.497 e. The average Bonchev–Trinajstić information content (AvgIpc) is 2.59. The van der Waals surface area contributed by atoms with Crippen LogP contribution >= 0.6 is 0 Å². The maximum atomic E-state index is 11.9. The van der Waals surface area contributed by atoms with Gasteiger partial charge in [-0.2, -0.15) is 5.10 Å². The molecule has 1 aliphatic carbocycles. The molecule has 0 aromatic heterocycles. The highest BCUT2D eigenvalue weighted by Crippen LogP contribution is 2.26. The third-order valence-electron chi connectivity index (χ3n) is 4.05. The second-order valence-electron chi connectivity index (χ2n) is 5.93. The molecule has 0 unspecified atom stereocenters. The summed E-state index contributed by atoms with van der Waals surface area (Å²) in [7, 11) is 1.60. The van der Waals surface area contributed by atoms with E-state index in [1.807, 2.05) is 13.8 Å². The van der Waals surface area contributed by atoms with Crippen LogP contribution in [0.15, 0.2) is 53.2 Å². The molecule has 24 heavy (non-hydrogen) atoms. The number of carbonyl (C=O) groups is 1. The molecule has 0 aliphatic heterocycles. The van der Waals surface area contributed by atoms with Crippen molar-refractivity contribution < 1.29 is 14.3 Å². The predicted octanol–water partition coefficient (Wildman–Crippen LogP) is 3.48. The van der Waals surface area contributed by atoms with Crippen molar-refractivity contribution in [3.05, 3.63) is 48.1 Å². The molecule has 1 amide bonds. The highest BCUT2D eigenvalue weighted by Gasteiger charge is 2.18. The SMILES string of the molecule is C=C(C)[C@@H]1CC=C(C)/C(=N\NC(=O)COc2ccc(OC)cc2)C1. The van der Waals surface area contributed by atoms with Gasteiger partial charge in [0, 0.05) is 0 Å². The second kappa shape index (κ2) is 8.34. The fourth-order valence-corrected chi connectivity index (χ4v) is 2.41. The summed E-state index contributed by atoms with van der Waals surface area (Å²) >= 11 is 0. The quantitative estimate of drug-likeness (QED) is 0.642. The van der Waals surface area contributed by atoms with Crippen LogP contribution < -0.4 is 14.9 Å². The van der Waals surface area contributed by atoms with Crippen molar-refractivity contribution in [2.24, 2.45) is 11.0 Å². The van der Waals surface area contributed by atoms with Crippen LogP contribution in [-0.4, -0.2) is 25.3 Å². The van der Waals surface area contributed by atoms with Crippen LogP contribution in [-0.2, 0) is 4.79 Å². The first-order valence-corrected chi connectivity index (χ1v) is 7.94. The van der Waals surface area contributed by atoms with E-state index in [0.29, 0.717) is 11.7 Å². The number of amides is 1. The van der Waals surface area contributed by atoms with Crippen LogP contribution in [0, 0.1) is 5.92 Å². The second-order valence-corrected chi connectivity index (χ2v) is 5.93. The van der Waals surface area contributed by atoms with Gasteiger partial charge in [-0.05, 0) is 62.4 Å². The van der Waals surface area contributed by atoms with E-state index < -0.39 is 0 Å². The highest BCUT2D eigenvalue weighted by molar-refractivity contribution is 6.01. The Morgan fingerprint density at radius 1 is 1.33 bits per heavy atom. The van der Waals surface area contributed by atoms with Gasteiger partial charge in [0.15, 0.2) is 6.61 Å². The maximum absolute atomic E-state index is 11.9. The van der Waals surface area contributed by atoms with E-state index >= 15 is 0 Å². The normalized spacial score (nSPS) is 18.7. The van der Waals surface area contributed by atoms with Gasteiger partial charge in [-0.15, -0.1) is 0 Å². The van der Waals surface area contributed by atoms with Crippen molar-refractivity contribution in [2.75, 3.05) is 13.7 Å². The number of benzene rings is 1. The number of hydrogen-bond acceptors (Lipinski definition) is 4. The Morgan fingerprint density at radius 3 is 2.62 bits per heavy atom. The molecule has 0 spiro atoms. The molecule has 5 nitrogen and oxygen atoms in total. The fourth-order valence-electron chi connectivity index (χ4n) is 2.41. The van der Waals surface area contributed by atoms with Gasteiger partial charge in [-0.25, -0.2) is 5.43 Å². The Hall–Kier alpha value is -2.56. The summed E-state index contributed by atoms with van der Waals surface area (Å²) in [6.07, 6.45) is 3.92. The van der Waals surface area contributed by atoms with Gasteiger partial charge in [0.05, 0.1) is 12.8 Å². The third kappa shape index (κ3) is 4.98. The molecular formula is C19H24N2O3. The van der Waals surface area contributed by atoms with E-state index in [1.54, 1.807) is 31.4 Å². The lowest BCUT2D eigenvalue weighted by molar-refractivity contribution is -0.123. The van der Waals surface area contributed by atoms with Crippen molar-refractivity contribution in [3.8, 4) is 11.5 Å². The van der Waals surface area contributed by atoms with E-state index in [4.69, 9.17) is 9.47 Å². The molecule has 5 heteroatoms. The van der Waals surface area contributed by atoms with Crippen molar-refractivity contribution in [2.45, 2.75) is 26.7 Å². The Kier molecular flexibility index (Phi) is 6.18. The molecule has 1 aromatic carbocycles. The first-order chi connectivity index (χ1) is 11.5.